The summed E-state index contributed by atoms with van der Waals surface area (Å²) in [6.07, 6.45) is 14.2. The summed E-state index contributed by atoms with van der Waals surface area (Å²) in [5, 5.41) is 0. The van der Waals surface area contributed by atoms with Crippen molar-refractivity contribution in [3.05, 3.63) is 0 Å². The molecule has 1 aliphatic rings. The number of amides is 2. The molecule has 0 saturated carbocycles. The number of nitrogens with zero attached hydrogens (tertiary/aromatic N) is 1. The van der Waals surface area contributed by atoms with E-state index < -0.39 is 0 Å². The Kier molecular flexibility index (Phi) is 9.93. The van der Waals surface area contributed by atoms with E-state index in [0.717, 1.165) is 38.5 Å². The van der Waals surface area contributed by atoms with Crippen LogP contribution in [0.1, 0.15) is 90.4 Å². The summed E-state index contributed by atoms with van der Waals surface area (Å²) in [7, 11) is 0. The van der Waals surface area contributed by atoms with Crippen molar-refractivity contribution in [3.8, 4) is 0 Å². The van der Waals surface area contributed by atoms with E-state index in [1.807, 2.05) is 0 Å². The van der Waals surface area contributed by atoms with Crippen LogP contribution in [0.4, 0.5) is 0 Å². The van der Waals surface area contributed by atoms with Crippen LogP contribution in [0.2, 0.25) is 0 Å². The number of unbranched alkanes of at least 4 members (excludes halogenated alkanes) is 7. The predicted molar refractivity (Wildman–Crippen MR) is 90.4 cm³/mol. The zero-order chi connectivity index (χ0) is 16.2. The molecule has 1 unspecified atom stereocenters. The highest BCUT2D eigenvalue weighted by Crippen LogP contribution is 2.18. The molecule has 22 heavy (non-hydrogen) atoms. The molecule has 0 radical (unpaired) electrons. The summed E-state index contributed by atoms with van der Waals surface area (Å²) in [5.74, 6) is -0.223. The lowest BCUT2D eigenvalue weighted by Crippen LogP contribution is -2.47. The first-order valence-electron chi connectivity index (χ1n) is 9.25. The number of nitrogens with two attached hydrogens (primary N) is 1. The fourth-order valence-electron chi connectivity index (χ4n) is 3.26. The normalized spacial score (nSPS) is 17.3. The summed E-state index contributed by atoms with van der Waals surface area (Å²) in [6.45, 7) is 2.93. The monoisotopic (exact) mass is 310 g/mol. The molecule has 1 rings (SSSR count). The second-order valence-corrected chi connectivity index (χ2v) is 6.58. The SMILES string of the molecule is CCCCCCCCCCC(C(N)=O)N1CCCCCC1=O. The Morgan fingerprint density at radius 3 is 2.32 bits per heavy atom. The summed E-state index contributed by atoms with van der Waals surface area (Å²) < 4.78 is 0. The standard InChI is InChI=1S/C18H34N2O2/c1-2-3-4-5-6-7-8-10-13-16(18(19)22)20-15-12-9-11-14-17(20)21/h16H,2-15H2,1H3,(H2,19,22). The fraction of sp³-hybridized carbons (Fsp3) is 0.889. The average molecular weight is 310 g/mol. The van der Waals surface area contributed by atoms with Gasteiger partial charge in [-0.3, -0.25) is 9.59 Å². The van der Waals surface area contributed by atoms with Crippen LogP contribution in [0.25, 0.3) is 0 Å². The summed E-state index contributed by atoms with van der Waals surface area (Å²) in [6, 6.07) is -0.384. The van der Waals surface area contributed by atoms with E-state index >= 15 is 0 Å². The number of primary amides is 1. The number of hydrogen-bond donors (Lipinski definition) is 1. The van der Waals surface area contributed by atoms with Gasteiger partial charge >= 0.3 is 0 Å². The molecule has 0 aromatic carbocycles. The second-order valence-electron chi connectivity index (χ2n) is 6.58. The number of rotatable bonds is 11. The molecule has 4 heteroatoms. The van der Waals surface area contributed by atoms with Gasteiger partial charge in [0.05, 0.1) is 0 Å². The van der Waals surface area contributed by atoms with E-state index in [-0.39, 0.29) is 17.9 Å². The van der Waals surface area contributed by atoms with Gasteiger partial charge in [0.2, 0.25) is 11.8 Å². The van der Waals surface area contributed by atoms with E-state index in [4.69, 9.17) is 5.73 Å². The molecule has 1 aliphatic heterocycles. The molecule has 1 fully saturated rings. The number of carbonyl (C=O) groups excluding carboxylic acids is 2. The molecular formula is C18H34N2O2. The van der Waals surface area contributed by atoms with Gasteiger partial charge in [0.1, 0.15) is 6.04 Å². The van der Waals surface area contributed by atoms with Crippen LogP contribution in [0.5, 0.6) is 0 Å². The van der Waals surface area contributed by atoms with Crippen molar-refractivity contribution in [1.29, 1.82) is 0 Å². The van der Waals surface area contributed by atoms with Crippen LogP contribution in [0.3, 0.4) is 0 Å². The van der Waals surface area contributed by atoms with Gasteiger partial charge in [0.25, 0.3) is 0 Å². The molecule has 0 spiro atoms. The largest absolute Gasteiger partial charge is 0.368 e. The first-order valence-corrected chi connectivity index (χ1v) is 9.25. The van der Waals surface area contributed by atoms with Crippen molar-refractivity contribution < 1.29 is 9.59 Å². The molecule has 2 N–H and O–H groups in total. The highest BCUT2D eigenvalue weighted by atomic mass is 16.2. The molecular weight excluding hydrogens is 276 g/mol. The topological polar surface area (TPSA) is 63.4 Å². The molecule has 4 nitrogen and oxygen atoms in total. The fourth-order valence-corrected chi connectivity index (χ4v) is 3.26. The van der Waals surface area contributed by atoms with Gasteiger partial charge in [-0.25, -0.2) is 0 Å². The van der Waals surface area contributed by atoms with Gasteiger partial charge in [0.15, 0.2) is 0 Å². The first kappa shape index (κ1) is 19.0. The maximum Gasteiger partial charge on any atom is 0.240 e. The molecule has 0 bridgehead atoms. The molecule has 0 aliphatic carbocycles. The van der Waals surface area contributed by atoms with E-state index in [0.29, 0.717) is 13.0 Å². The van der Waals surface area contributed by atoms with Crippen LogP contribution in [0, 0.1) is 0 Å². The van der Waals surface area contributed by atoms with Crippen LogP contribution in [0.15, 0.2) is 0 Å². The molecule has 1 atom stereocenters. The maximum atomic E-state index is 12.1. The first-order chi connectivity index (χ1) is 10.7. The minimum Gasteiger partial charge on any atom is -0.368 e. The summed E-state index contributed by atoms with van der Waals surface area (Å²) in [4.78, 5) is 25.6. The Hall–Kier alpha value is -1.06. The highest BCUT2D eigenvalue weighted by Gasteiger charge is 2.28. The summed E-state index contributed by atoms with van der Waals surface area (Å²) >= 11 is 0. The van der Waals surface area contributed by atoms with Gasteiger partial charge in [-0.15, -0.1) is 0 Å². The van der Waals surface area contributed by atoms with Gasteiger partial charge in [-0.1, -0.05) is 64.7 Å². The van der Waals surface area contributed by atoms with Gasteiger partial charge in [0, 0.05) is 13.0 Å². The average Bonchev–Trinajstić information content (AvgIpc) is 2.70. The zero-order valence-electron chi connectivity index (χ0n) is 14.3. The Bertz CT molecular complexity index is 331. The van der Waals surface area contributed by atoms with Crippen LogP contribution in [-0.2, 0) is 9.59 Å². The molecule has 1 saturated heterocycles. The zero-order valence-corrected chi connectivity index (χ0v) is 14.3. The third-order valence-electron chi connectivity index (χ3n) is 4.65. The molecule has 0 aromatic rings. The van der Waals surface area contributed by atoms with Gasteiger partial charge < -0.3 is 10.6 Å². The number of carbonyl (C=O) groups is 2. The van der Waals surface area contributed by atoms with Crippen molar-refractivity contribution >= 4 is 11.8 Å². The quantitative estimate of drug-likeness (QED) is 0.590. The lowest BCUT2D eigenvalue weighted by atomic mass is 10.0. The molecule has 2 amide bonds. The lowest BCUT2D eigenvalue weighted by Gasteiger charge is -2.28. The van der Waals surface area contributed by atoms with Gasteiger partial charge in [-0.2, -0.15) is 0 Å². The van der Waals surface area contributed by atoms with E-state index in [1.54, 1.807) is 4.90 Å². The smallest absolute Gasteiger partial charge is 0.240 e. The number of hydrogen-bond acceptors (Lipinski definition) is 2. The molecule has 128 valence electrons. The van der Waals surface area contributed by atoms with Gasteiger partial charge in [-0.05, 0) is 19.3 Å². The summed E-state index contributed by atoms with van der Waals surface area (Å²) in [5.41, 5.74) is 5.54. The third-order valence-corrected chi connectivity index (χ3v) is 4.65. The Morgan fingerprint density at radius 2 is 1.68 bits per heavy atom. The van der Waals surface area contributed by atoms with Crippen LogP contribution < -0.4 is 5.73 Å². The minimum absolute atomic E-state index is 0.112. The van der Waals surface area contributed by atoms with Crippen LogP contribution >= 0.6 is 0 Å². The minimum atomic E-state index is -0.384. The predicted octanol–water partition coefficient (Wildman–Crippen LogP) is 3.77. The van der Waals surface area contributed by atoms with Crippen molar-refractivity contribution in [3.63, 3.8) is 0 Å². The van der Waals surface area contributed by atoms with E-state index in [1.165, 1.54) is 38.5 Å². The third kappa shape index (κ3) is 7.28. The van der Waals surface area contributed by atoms with E-state index in [9.17, 15) is 9.59 Å². The van der Waals surface area contributed by atoms with Crippen molar-refractivity contribution in [2.24, 2.45) is 5.73 Å². The number of likely N-dealkylation sites (tertiary alicyclic amines) is 1. The Balaban J connectivity index is 2.26. The molecule has 0 aromatic heterocycles. The van der Waals surface area contributed by atoms with Crippen LogP contribution in [-0.4, -0.2) is 29.3 Å². The maximum absolute atomic E-state index is 12.1. The second kappa shape index (κ2) is 11.5. The highest BCUT2D eigenvalue weighted by molar-refractivity contribution is 5.86. The Labute approximate surface area is 135 Å². The van der Waals surface area contributed by atoms with Crippen molar-refractivity contribution in [2.75, 3.05) is 6.54 Å². The van der Waals surface area contributed by atoms with Crippen molar-refractivity contribution in [2.45, 2.75) is 96.4 Å². The van der Waals surface area contributed by atoms with Crippen molar-refractivity contribution in [1.82, 2.24) is 4.90 Å². The molecule has 1 heterocycles. The Morgan fingerprint density at radius 1 is 1.05 bits per heavy atom. The lowest BCUT2D eigenvalue weighted by molar-refractivity contribution is -0.139. The van der Waals surface area contributed by atoms with E-state index in [2.05, 4.69) is 6.92 Å².